The normalized spacial score (nSPS) is 19.1. The number of benzene rings is 2. The summed E-state index contributed by atoms with van der Waals surface area (Å²) in [6.45, 7) is 4.35. The predicted molar refractivity (Wildman–Crippen MR) is 83.2 cm³/mol. The second-order valence-corrected chi connectivity index (χ2v) is 5.95. The molecule has 1 fully saturated rings. The molecule has 0 spiro atoms. The number of amides is 2. The van der Waals surface area contributed by atoms with Crippen molar-refractivity contribution in [2.24, 2.45) is 0 Å². The minimum Gasteiger partial charge on any atom is -0.296 e. The Morgan fingerprint density at radius 3 is 2.43 bits per heavy atom. The summed E-state index contributed by atoms with van der Waals surface area (Å²) in [5.41, 5.74) is 2.32. The number of hydrogen-bond donors (Lipinski definition) is 1. The summed E-state index contributed by atoms with van der Waals surface area (Å²) in [6, 6.07) is 12.4. The van der Waals surface area contributed by atoms with Gasteiger partial charge in [-0.05, 0) is 34.2 Å². The summed E-state index contributed by atoms with van der Waals surface area (Å²) in [5, 5.41) is 4.78. The van der Waals surface area contributed by atoms with Gasteiger partial charge in [0.05, 0.1) is 5.92 Å². The SMILES string of the molecule is CC(C)c1ccc(C2CCC(=O)NC2=O)c2ccccc12. The molecule has 2 amide bonds. The fraction of sp³-hybridized carbons (Fsp3) is 0.333. The molecule has 0 radical (unpaired) electrons. The van der Waals surface area contributed by atoms with E-state index in [0.29, 0.717) is 18.8 Å². The Hall–Kier alpha value is -2.16. The Kier molecular flexibility index (Phi) is 3.50. The van der Waals surface area contributed by atoms with Gasteiger partial charge in [-0.2, -0.15) is 0 Å². The molecule has 2 aromatic rings. The zero-order chi connectivity index (χ0) is 15.0. The van der Waals surface area contributed by atoms with Crippen LogP contribution in [0.15, 0.2) is 36.4 Å². The Bertz CT molecular complexity index is 718. The van der Waals surface area contributed by atoms with Gasteiger partial charge in [-0.25, -0.2) is 0 Å². The van der Waals surface area contributed by atoms with Crippen molar-refractivity contribution >= 4 is 22.6 Å². The highest BCUT2D eigenvalue weighted by atomic mass is 16.2. The molecule has 3 nitrogen and oxygen atoms in total. The lowest BCUT2D eigenvalue weighted by atomic mass is 9.84. The average molecular weight is 281 g/mol. The van der Waals surface area contributed by atoms with Gasteiger partial charge in [0.2, 0.25) is 11.8 Å². The maximum atomic E-state index is 12.1. The molecule has 1 aliphatic heterocycles. The van der Waals surface area contributed by atoms with Crippen molar-refractivity contribution < 1.29 is 9.59 Å². The van der Waals surface area contributed by atoms with Gasteiger partial charge in [-0.15, -0.1) is 0 Å². The molecule has 2 aromatic carbocycles. The first kappa shape index (κ1) is 13.8. The highest BCUT2D eigenvalue weighted by Gasteiger charge is 2.29. The second kappa shape index (κ2) is 5.32. The van der Waals surface area contributed by atoms with E-state index in [9.17, 15) is 9.59 Å². The second-order valence-electron chi connectivity index (χ2n) is 5.95. The lowest BCUT2D eigenvalue weighted by Crippen LogP contribution is -2.39. The van der Waals surface area contributed by atoms with E-state index in [-0.39, 0.29) is 17.7 Å². The van der Waals surface area contributed by atoms with Crippen LogP contribution in [0.5, 0.6) is 0 Å². The molecule has 0 aromatic heterocycles. The van der Waals surface area contributed by atoms with E-state index in [4.69, 9.17) is 0 Å². The number of hydrogen-bond acceptors (Lipinski definition) is 2. The summed E-state index contributed by atoms with van der Waals surface area (Å²) in [5.74, 6) is -0.132. The standard InChI is InChI=1S/C18H19NO2/c1-11(2)12-7-8-15(14-6-4-3-5-13(12)14)16-9-10-17(20)19-18(16)21/h3-8,11,16H,9-10H2,1-2H3,(H,19,20,21). The average Bonchev–Trinajstić information content (AvgIpc) is 2.46. The van der Waals surface area contributed by atoms with E-state index in [1.165, 1.54) is 10.9 Å². The van der Waals surface area contributed by atoms with Crippen molar-refractivity contribution in [1.29, 1.82) is 0 Å². The molecule has 1 aliphatic rings. The van der Waals surface area contributed by atoms with Crippen molar-refractivity contribution in [1.82, 2.24) is 5.32 Å². The van der Waals surface area contributed by atoms with Crippen LogP contribution in [0.4, 0.5) is 0 Å². The first-order chi connectivity index (χ1) is 10.1. The lowest BCUT2D eigenvalue weighted by Gasteiger charge is -2.23. The number of piperidine rings is 1. The predicted octanol–water partition coefficient (Wildman–Crippen LogP) is 3.48. The van der Waals surface area contributed by atoms with Gasteiger partial charge in [0.25, 0.3) is 0 Å². The zero-order valence-electron chi connectivity index (χ0n) is 12.3. The largest absolute Gasteiger partial charge is 0.296 e. The summed E-state index contributed by atoms with van der Waals surface area (Å²) < 4.78 is 0. The van der Waals surface area contributed by atoms with Gasteiger partial charge in [0.15, 0.2) is 0 Å². The van der Waals surface area contributed by atoms with Crippen molar-refractivity contribution in [3.05, 3.63) is 47.5 Å². The monoisotopic (exact) mass is 281 g/mol. The highest BCUT2D eigenvalue weighted by molar-refractivity contribution is 6.03. The molecular weight excluding hydrogens is 262 g/mol. The third-order valence-electron chi connectivity index (χ3n) is 4.23. The first-order valence-electron chi connectivity index (χ1n) is 7.43. The maximum Gasteiger partial charge on any atom is 0.234 e. The summed E-state index contributed by atoms with van der Waals surface area (Å²) >= 11 is 0. The fourth-order valence-corrected chi connectivity index (χ4v) is 3.14. The number of carbonyl (C=O) groups excluding carboxylic acids is 2. The molecule has 21 heavy (non-hydrogen) atoms. The molecule has 0 bridgehead atoms. The van der Waals surface area contributed by atoms with Gasteiger partial charge in [-0.3, -0.25) is 14.9 Å². The molecule has 3 rings (SSSR count). The number of rotatable bonds is 2. The highest BCUT2D eigenvalue weighted by Crippen LogP contribution is 2.34. The van der Waals surface area contributed by atoms with Gasteiger partial charge >= 0.3 is 0 Å². The van der Waals surface area contributed by atoms with Gasteiger partial charge in [0, 0.05) is 6.42 Å². The Morgan fingerprint density at radius 1 is 1.05 bits per heavy atom. The van der Waals surface area contributed by atoms with E-state index in [2.05, 4.69) is 43.4 Å². The molecule has 0 aliphatic carbocycles. The number of imide groups is 1. The summed E-state index contributed by atoms with van der Waals surface area (Å²) in [4.78, 5) is 23.5. The molecule has 0 saturated carbocycles. The fourth-order valence-electron chi connectivity index (χ4n) is 3.14. The van der Waals surface area contributed by atoms with Crippen LogP contribution in [0.1, 0.15) is 49.7 Å². The van der Waals surface area contributed by atoms with Crippen LogP contribution < -0.4 is 5.32 Å². The first-order valence-corrected chi connectivity index (χ1v) is 7.43. The Labute approximate surface area is 124 Å². The summed E-state index contributed by atoms with van der Waals surface area (Å²) in [7, 11) is 0. The van der Waals surface area contributed by atoms with E-state index in [1.807, 2.05) is 12.1 Å². The van der Waals surface area contributed by atoms with Crippen LogP contribution in [-0.2, 0) is 9.59 Å². The van der Waals surface area contributed by atoms with Crippen molar-refractivity contribution in [2.45, 2.75) is 38.5 Å². The molecule has 3 heteroatoms. The van der Waals surface area contributed by atoms with E-state index in [0.717, 1.165) is 10.9 Å². The smallest absolute Gasteiger partial charge is 0.234 e. The zero-order valence-corrected chi connectivity index (χ0v) is 12.3. The van der Waals surface area contributed by atoms with Crippen molar-refractivity contribution in [3.8, 4) is 0 Å². The molecular formula is C18H19NO2. The maximum absolute atomic E-state index is 12.1. The third kappa shape index (κ3) is 2.44. The molecule has 108 valence electrons. The van der Waals surface area contributed by atoms with Crippen molar-refractivity contribution in [2.75, 3.05) is 0 Å². The molecule has 1 unspecified atom stereocenters. The molecule has 1 atom stereocenters. The number of fused-ring (bicyclic) bond motifs is 1. The van der Waals surface area contributed by atoms with Crippen LogP contribution in [0.2, 0.25) is 0 Å². The topological polar surface area (TPSA) is 46.2 Å². The van der Waals surface area contributed by atoms with Gasteiger partial charge in [-0.1, -0.05) is 50.2 Å². The van der Waals surface area contributed by atoms with Crippen LogP contribution in [0.3, 0.4) is 0 Å². The van der Waals surface area contributed by atoms with E-state index < -0.39 is 0 Å². The molecule has 1 saturated heterocycles. The van der Waals surface area contributed by atoms with Crippen LogP contribution in [0.25, 0.3) is 10.8 Å². The Balaban J connectivity index is 2.14. The Morgan fingerprint density at radius 2 is 1.76 bits per heavy atom. The lowest BCUT2D eigenvalue weighted by molar-refractivity contribution is -0.134. The van der Waals surface area contributed by atoms with Gasteiger partial charge in [0.1, 0.15) is 0 Å². The molecule has 1 N–H and O–H groups in total. The number of carbonyl (C=O) groups is 2. The number of nitrogens with one attached hydrogen (secondary N) is 1. The molecule has 1 heterocycles. The van der Waals surface area contributed by atoms with Crippen LogP contribution in [-0.4, -0.2) is 11.8 Å². The summed E-state index contributed by atoms with van der Waals surface area (Å²) in [6.07, 6.45) is 1.01. The van der Waals surface area contributed by atoms with E-state index >= 15 is 0 Å². The third-order valence-corrected chi connectivity index (χ3v) is 4.23. The quantitative estimate of drug-likeness (QED) is 0.857. The van der Waals surface area contributed by atoms with E-state index in [1.54, 1.807) is 0 Å². The van der Waals surface area contributed by atoms with Gasteiger partial charge < -0.3 is 0 Å². The minimum atomic E-state index is -0.228. The van der Waals surface area contributed by atoms with Crippen LogP contribution in [0, 0.1) is 0 Å². The van der Waals surface area contributed by atoms with Crippen molar-refractivity contribution in [3.63, 3.8) is 0 Å². The minimum absolute atomic E-state index is 0.167. The van der Waals surface area contributed by atoms with Crippen LogP contribution >= 0.6 is 0 Å².